The molecule has 0 spiro atoms. The maximum Gasteiger partial charge on any atom is 0.124 e. The Morgan fingerprint density at radius 3 is 2.95 bits per heavy atom. The van der Waals surface area contributed by atoms with Crippen molar-refractivity contribution < 1.29 is 4.74 Å². The smallest absolute Gasteiger partial charge is 0.124 e. The molecule has 1 heterocycles. The molecule has 0 fully saturated rings. The third-order valence-electron chi connectivity index (χ3n) is 2.74. The summed E-state index contributed by atoms with van der Waals surface area (Å²) >= 11 is 6.02. The molecule has 19 heavy (non-hydrogen) atoms. The number of rotatable bonds is 6. The van der Waals surface area contributed by atoms with Crippen LogP contribution in [0.25, 0.3) is 0 Å². The average molecular weight is 280 g/mol. The van der Waals surface area contributed by atoms with E-state index >= 15 is 0 Å². The van der Waals surface area contributed by atoms with Crippen LogP contribution < -0.4 is 10.1 Å². The summed E-state index contributed by atoms with van der Waals surface area (Å²) in [5.41, 5.74) is 2.12. The Bertz CT molecular complexity index is 539. The number of nitrogens with zero attached hydrogens (tertiary/aromatic N) is 2. The van der Waals surface area contributed by atoms with Gasteiger partial charge in [0, 0.05) is 35.9 Å². The Morgan fingerprint density at radius 2 is 2.26 bits per heavy atom. The Hall–Kier alpha value is -1.52. The molecule has 1 aromatic carbocycles. The lowest BCUT2D eigenvalue weighted by Gasteiger charge is -2.11. The molecule has 0 bridgehead atoms. The first-order chi connectivity index (χ1) is 9.19. The van der Waals surface area contributed by atoms with Crippen LogP contribution in [-0.2, 0) is 20.2 Å². The highest BCUT2D eigenvalue weighted by Crippen LogP contribution is 2.23. The molecule has 0 saturated carbocycles. The maximum atomic E-state index is 6.02. The highest BCUT2D eigenvalue weighted by atomic mass is 35.5. The number of aryl methyl sites for hydroxylation is 1. The fourth-order valence-corrected chi connectivity index (χ4v) is 1.99. The van der Waals surface area contributed by atoms with E-state index in [0.717, 1.165) is 35.0 Å². The van der Waals surface area contributed by atoms with Gasteiger partial charge in [-0.3, -0.25) is 4.68 Å². The summed E-state index contributed by atoms with van der Waals surface area (Å²) in [6.07, 6.45) is 3.75. The fourth-order valence-electron chi connectivity index (χ4n) is 1.79. The molecule has 1 aromatic heterocycles. The zero-order valence-electron chi connectivity index (χ0n) is 11.2. The van der Waals surface area contributed by atoms with Crippen molar-refractivity contribution in [2.45, 2.75) is 20.1 Å². The van der Waals surface area contributed by atoms with E-state index in [1.165, 1.54) is 0 Å². The topological polar surface area (TPSA) is 39.1 Å². The van der Waals surface area contributed by atoms with Gasteiger partial charge in [0.1, 0.15) is 12.4 Å². The van der Waals surface area contributed by atoms with Crippen molar-refractivity contribution in [2.24, 2.45) is 7.05 Å². The maximum absolute atomic E-state index is 6.02. The van der Waals surface area contributed by atoms with E-state index in [2.05, 4.69) is 17.3 Å². The van der Waals surface area contributed by atoms with E-state index in [-0.39, 0.29) is 0 Å². The largest absolute Gasteiger partial charge is 0.488 e. The van der Waals surface area contributed by atoms with Crippen LogP contribution in [0.1, 0.15) is 18.1 Å². The molecule has 0 aliphatic rings. The summed E-state index contributed by atoms with van der Waals surface area (Å²) < 4.78 is 7.60. The van der Waals surface area contributed by atoms with Gasteiger partial charge >= 0.3 is 0 Å². The molecule has 1 N–H and O–H groups in total. The lowest BCUT2D eigenvalue weighted by molar-refractivity contribution is 0.302. The first kappa shape index (κ1) is 13.9. The van der Waals surface area contributed by atoms with Crippen LogP contribution in [0.5, 0.6) is 5.75 Å². The number of ether oxygens (including phenoxy) is 1. The third-order valence-corrected chi connectivity index (χ3v) is 2.98. The van der Waals surface area contributed by atoms with Crippen molar-refractivity contribution in [1.82, 2.24) is 15.1 Å². The molecule has 0 amide bonds. The van der Waals surface area contributed by atoms with Crippen molar-refractivity contribution in [2.75, 3.05) is 6.54 Å². The SMILES string of the molecule is CCNCc1cc(Cl)ccc1OCc1cnn(C)c1. The predicted octanol–water partition coefficient (Wildman–Crippen LogP) is 2.76. The van der Waals surface area contributed by atoms with Crippen LogP contribution in [0.3, 0.4) is 0 Å². The second kappa shape index (κ2) is 6.59. The molecule has 102 valence electrons. The molecular weight excluding hydrogens is 262 g/mol. The summed E-state index contributed by atoms with van der Waals surface area (Å²) in [5.74, 6) is 0.856. The van der Waals surface area contributed by atoms with Gasteiger partial charge in [-0.1, -0.05) is 18.5 Å². The average Bonchev–Trinajstić information content (AvgIpc) is 2.81. The lowest BCUT2D eigenvalue weighted by Crippen LogP contribution is -2.12. The van der Waals surface area contributed by atoms with Gasteiger partial charge in [-0.15, -0.1) is 0 Å². The zero-order chi connectivity index (χ0) is 13.7. The van der Waals surface area contributed by atoms with Crippen LogP contribution in [0.2, 0.25) is 5.02 Å². The quantitative estimate of drug-likeness (QED) is 0.884. The molecule has 4 nitrogen and oxygen atoms in total. The Morgan fingerprint density at radius 1 is 1.42 bits per heavy atom. The van der Waals surface area contributed by atoms with Crippen LogP contribution in [-0.4, -0.2) is 16.3 Å². The van der Waals surface area contributed by atoms with E-state index in [9.17, 15) is 0 Å². The standard InChI is InChI=1S/C14H18ClN3O/c1-3-16-8-12-6-13(15)4-5-14(12)19-10-11-7-17-18(2)9-11/h4-7,9,16H,3,8,10H2,1-2H3. The summed E-state index contributed by atoms with van der Waals surface area (Å²) in [6, 6.07) is 5.68. The van der Waals surface area contributed by atoms with Crippen molar-refractivity contribution in [3.63, 3.8) is 0 Å². The molecule has 5 heteroatoms. The van der Waals surface area contributed by atoms with Crippen molar-refractivity contribution in [3.8, 4) is 5.75 Å². The molecule has 0 unspecified atom stereocenters. The molecule has 0 aliphatic carbocycles. The minimum Gasteiger partial charge on any atom is -0.488 e. The molecule has 0 radical (unpaired) electrons. The summed E-state index contributed by atoms with van der Waals surface area (Å²) in [4.78, 5) is 0. The molecule has 2 rings (SSSR count). The molecule has 0 aliphatic heterocycles. The van der Waals surface area contributed by atoms with Crippen LogP contribution in [0.4, 0.5) is 0 Å². The highest BCUT2D eigenvalue weighted by Gasteiger charge is 2.05. The number of halogens is 1. The van der Waals surface area contributed by atoms with Gasteiger partial charge in [0.25, 0.3) is 0 Å². The van der Waals surface area contributed by atoms with E-state index in [1.807, 2.05) is 31.4 Å². The number of benzene rings is 1. The van der Waals surface area contributed by atoms with Gasteiger partial charge in [0.2, 0.25) is 0 Å². The lowest BCUT2D eigenvalue weighted by atomic mass is 10.2. The minimum atomic E-state index is 0.509. The number of hydrogen-bond donors (Lipinski definition) is 1. The Labute approximate surface area is 118 Å². The van der Waals surface area contributed by atoms with Gasteiger partial charge in [0.15, 0.2) is 0 Å². The van der Waals surface area contributed by atoms with Crippen LogP contribution in [0.15, 0.2) is 30.6 Å². The van der Waals surface area contributed by atoms with Crippen LogP contribution >= 0.6 is 11.6 Å². The number of aromatic nitrogens is 2. The molecule has 0 atom stereocenters. The third kappa shape index (κ3) is 3.98. The monoisotopic (exact) mass is 279 g/mol. The zero-order valence-corrected chi connectivity index (χ0v) is 11.9. The summed E-state index contributed by atoms with van der Waals surface area (Å²) in [6.45, 7) is 4.24. The van der Waals surface area contributed by atoms with Crippen molar-refractivity contribution in [3.05, 3.63) is 46.7 Å². The van der Waals surface area contributed by atoms with Gasteiger partial charge in [-0.05, 0) is 24.7 Å². The van der Waals surface area contributed by atoms with E-state index < -0.39 is 0 Å². The molecular formula is C14H18ClN3O. The van der Waals surface area contributed by atoms with Crippen LogP contribution in [0, 0.1) is 0 Å². The fraction of sp³-hybridized carbons (Fsp3) is 0.357. The van der Waals surface area contributed by atoms with Crippen molar-refractivity contribution >= 4 is 11.6 Å². The van der Waals surface area contributed by atoms with Crippen molar-refractivity contribution in [1.29, 1.82) is 0 Å². The molecule has 2 aromatic rings. The second-order valence-electron chi connectivity index (χ2n) is 4.34. The number of nitrogens with one attached hydrogen (secondary N) is 1. The van der Waals surface area contributed by atoms with Gasteiger partial charge < -0.3 is 10.1 Å². The Kier molecular flexibility index (Phi) is 4.82. The van der Waals surface area contributed by atoms with E-state index in [0.29, 0.717) is 6.61 Å². The van der Waals surface area contributed by atoms with E-state index in [4.69, 9.17) is 16.3 Å². The van der Waals surface area contributed by atoms with Gasteiger partial charge in [-0.25, -0.2) is 0 Å². The minimum absolute atomic E-state index is 0.509. The van der Waals surface area contributed by atoms with Gasteiger partial charge in [0.05, 0.1) is 6.20 Å². The summed E-state index contributed by atoms with van der Waals surface area (Å²) in [5, 5.41) is 8.12. The highest BCUT2D eigenvalue weighted by molar-refractivity contribution is 6.30. The molecule has 0 saturated heterocycles. The number of hydrogen-bond acceptors (Lipinski definition) is 3. The van der Waals surface area contributed by atoms with E-state index in [1.54, 1.807) is 10.9 Å². The summed E-state index contributed by atoms with van der Waals surface area (Å²) in [7, 11) is 1.89. The first-order valence-electron chi connectivity index (χ1n) is 6.28. The van der Waals surface area contributed by atoms with Gasteiger partial charge in [-0.2, -0.15) is 5.10 Å². The first-order valence-corrected chi connectivity index (χ1v) is 6.66. The second-order valence-corrected chi connectivity index (χ2v) is 4.78. The Balaban J connectivity index is 2.05. The predicted molar refractivity (Wildman–Crippen MR) is 76.4 cm³/mol. The normalized spacial score (nSPS) is 10.7.